The Morgan fingerprint density at radius 2 is 2.30 bits per heavy atom. The summed E-state index contributed by atoms with van der Waals surface area (Å²) in [6, 6.07) is 1.82. The van der Waals surface area contributed by atoms with Gasteiger partial charge in [0.1, 0.15) is 6.26 Å². The maximum Gasteiger partial charge on any atom is 0.276 e. The van der Waals surface area contributed by atoms with Crippen molar-refractivity contribution >= 4 is 5.91 Å². The molecule has 0 bridgehead atoms. The molecule has 0 spiro atoms. The smallest absolute Gasteiger partial charge is 0.276 e. The molecule has 1 heterocycles. The van der Waals surface area contributed by atoms with E-state index < -0.39 is 0 Å². The molecule has 1 aromatic rings. The van der Waals surface area contributed by atoms with Crippen molar-refractivity contribution in [2.45, 2.75) is 52.7 Å². The lowest BCUT2D eigenvalue weighted by molar-refractivity contribution is -0.140. The number of amides is 1. The Bertz CT molecular complexity index is 442. The first-order chi connectivity index (χ1) is 9.52. The molecule has 0 N–H and O–H groups in total. The van der Waals surface area contributed by atoms with Gasteiger partial charge in [-0.15, -0.1) is 0 Å². The minimum absolute atomic E-state index is 0.0232. The molecule has 1 amide bonds. The molecule has 0 aromatic carbocycles. The first-order valence-electron chi connectivity index (χ1n) is 7.35. The van der Waals surface area contributed by atoms with Gasteiger partial charge in [-0.2, -0.15) is 0 Å². The van der Waals surface area contributed by atoms with Crippen molar-refractivity contribution in [3.05, 3.63) is 18.0 Å². The van der Waals surface area contributed by atoms with Gasteiger partial charge in [0.25, 0.3) is 5.91 Å². The van der Waals surface area contributed by atoms with Crippen LogP contribution in [0.1, 0.15) is 51.0 Å². The predicted octanol–water partition coefficient (Wildman–Crippen LogP) is 2.73. The summed E-state index contributed by atoms with van der Waals surface area (Å²) < 4.78 is 10.5. The number of hydrogen-bond donors (Lipinski definition) is 0. The molecular formula is C15H24N2O3. The molecule has 112 valence electrons. The molecule has 1 aliphatic carbocycles. The van der Waals surface area contributed by atoms with Crippen LogP contribution in [0.25, 0.3) is 0 Å². The zero-order valence-corrected chi connectivity index (χ0v) is 12.8. The Balaban J connectivity index is 2.12. The number of hydrogen-bond acceptors (Lipinski definition) is 4. The standard InChI is InChI=1S/C15H24N2O3/c1-5-8-17(14(18)11-7-9-20-16-11)12-10-13(19-6-2)15(12,3)4/h7,9,12-13H,5-6,8,10H2,1-4H3. The average Bonchev–Trinajstić information content (AvgIpc) is 2.94. The Morgan fingerprint density at radius 3 is 2.80 bits per heavy atom. The van der Waals surface area contributed by atoms with E-state index in [0.29, 0.717) is 12.3 Å². The van der Waals surface area contributed by atoms with E-state index in [1.54, 1.807) is 6.07 Å². The Labute approximate surface area is 120 Å². The van der Waals surface area contributed by atoms with Crippen molar-refractivity contribution < 1.29 is 14.1 Å². The number of carbonyl (C=O) groups excluding carboxylic acids is 1. The minimum Gasteiger partial charge on any atom is -0.378 e. The van der Waals surface area contributed by atoms with E-state index >= 15 is 0 Å². The molecule has 0 radical (unpaired) electrons. The lowest BCUT2D eigenvalue weighted by Gasteiger charge is -2.55. The maximum atomic E-state index is 12.5. The van der Waals surface area contributed by atoms with E-state index in [9.17, 15) is 4.79 Å². The molecule has 1 aromatic heterocycles. The maximum absolute atomic E-state index is 12.5. The summed E-state index contributed by atoms with van der Waals surface area (Å²) in [6.07, 6.45) is 3.48. The summed E-state index contributed by atoms with van der Waals surface area (Å²) in [6.45, 7) is 9.87. The molecule has 5 nitrogen and oxygen atoms in total. The van der Waals surface area contributed by atoms with E-state index in [-0.39, 0.29) is 23.5 Å². The van der Waals surface area contributed by atoms with Gasteiger partial charge in [-0.3, -0.25) is 4.79 Å². The fourth-order valence-electron chi connectivity index (χ4n) is 2.99. The van der Waals surface area contributed by atoms with Crippen LogP contribution in [-0.4, -0.2) is 41.3 Å². The van der Waals surface area contributed by atoms with Crippen LogP contribution in [0.15, 0.2) is 16.9 Å². The fraction of sp³-hybridized carbons (Fsp3) is 0.733. The second kappa shape index (κ2) is 5.95. The second-order valence-electron chi connectivity index (χ2n) is 5.90. The summed E-state index contributed by atoms with van der Waals surface area (Å²) in [5, 5.41) is 3.77. The summed E-state index contributed by atoms with van der Waals surface area (Å²) in [4.78, 5) is 14.5. The van der Waals surface area contributed by atoms with Crippen LogP contribution < -0.4 is 0 Å². The first-order valence-corrected chi connectivity index (χ1v) is 7.35. The van der Waals surface area contributed by atoms with Crippen LogP contribution in [0.3, 0.4) is 0 Å². The van der Waals surface area contributed by atoms with Gasteiger partial charge < -0.3 is 14.2 Å². The highest BCUT2D eigenvalue weighted by molar-refractivity contribution is 5.92. The average molecular weight is 280 g/mol. The topological polar surface area (TPSA) is 55.6 Å². The van der Waals surface area contributed by atoms with Gasteiger partial charge in [0.05, 0.1) is 6.10 Å². The molecular weight excluding hydrogens is 256 g/mol. The Morgan fingerprint density at radius 1 is 1.55 bits per heavy atom. The second-order valence-corrected chi connectivity index (χ2v) is 5.90. The van der Waals surface area contributed by atoms with Crippen LogP contribution >= 0.6 is 0 Å². The number of aromatic nitrogens is 1. The molecule has 0 saturated heterocycles. The highest BCUT2D eigenvalue weighted by Crippen LogP contribution is 2.46. The zero-order valence-electron chi connectivity index (χ0n) is 12.8. The summed E-state index contributed by atoms with van der Waals surface area (Å²) in [5.74, 6) is -0.0476. The SMILES string of the molecule is CCCN(C(=O)c1ccon1)C1CC(OCC)C1(C)C. The minimum atomic E-state index is -0.0476. The lowest BCUT2D eigenvalue weighted by atomic mass is 9.63. The molecule has 2 unspecified atom stereocenters. The van der Waals surface area contributed by atoms with Gasteiger partial charge in [-0.05, 0) is 19.8 Å². The van der Waals surface area contributed by atoms with Crippen LogP contribution in [0.2, 0.25) is 0 Å². The third-order valence-electron chi connectivity index (χ3n) is 4.25. The monoisotopic (exact) mass is 280 g/mol. The van der Waals surface area contributed by atoms with E-state index in [1.165, 1.54) is 6.26 Å². The molecule has 1 fully saturated rings. The third-order valence-corrected chi connectivity index (χ3v) is 4.25. The number of nitrogens with zero attached hydrogens (tertiary/aromatic N) is 2. The van der Waals surface area contributed by atoms with Gasteiger partial charge in [0.2, 0.25) is 0 Å². The van der Waals surface area contributed by atoms with Crippen molar-refractivity contribution in [2.24, 2.45) is 5.41 Å². The molecule has 5 heteroatoms. The van der Waals surface area contributed by atoms with Gasteiger partial charge in [-0.1, -0.05) is 25.9 Å². The largest absolute Gasteiger partial charge is 0.378 e. The molecule has 1 aliphatic rings. The molecule has 2 rings (SSSR count). The third kappa shape index (κ3) is 2.59. The quantitative estimate of drug-likeness (QED) is 0.804. The summed E-state index contributed by atoms with van der Waals surface area (Å²) in [7, 11) is 0. The van der Waals surface area contributed by atoms with Gasteiger partial charge in [0.15, 0.2) is 5.69 Å². The van der Waals surface area contributed by atoms with E-state index in [0.717, 1.165) is 19.4 Å². The van der Waals surface area contributed by atoms with Crippen molar-refractivity contribution in [3.8, 4) is 0 Å². The van der Waals surface area contributed by atoms with Crippen LogP contribution in [0.4, 0.5) is 0 Å². The van der Waals surface area contributed by atoms with Crippen molar-refractivity contribution in [1.29, 1.82) is 0 Å². The lowest BCUT2D eigenvalue weighted by Crippen LogP contribution is -2.63. The number of carbonyl (C=O) groups is 1. The Hall–Kier alpha value is -1.36. The molecule has 0 aliphatic heterocycles. The highest BCUT2D eigenvalue weighted by Gasteiger charge is 2.52. The fourth-order valence-corrected chi connectivity index (χ4v) is 2.99. The molecule has 2 atom stereocenters. The number of ether oxygens (including phenoxy) is 1. The van der Waals surface area contributed by atoms with Crippen LogP contribution in [0, 0.1) is 5.41 Å². The summed E-state index contributed by atoms with van der Waals surface area (Å²) >= 11 is 0. The predicted molar refractivity (Wildman–Crippen MR) is 75.4 cm³/mol. The van der Waals surface area contributed by atoms with Crippen molar-refractivity contribution in [1.82, 2.24) is 10.1 Å². The van der Waals surface area contributed by atoms with Gasteiger partial charge in [0, 0.05) is 30.7 Å². The van der Waals surface area contributed by atoms with Crippen LogP contribution in [0.5, 0.6) is 0 Å². The van der Waals surface area contributed by atoms with E-state index in [4.69, 9.17) is 9.26 Å². The number of rotatable bonds is 6. The normalized spacial score (nSPS) is 24.2. The zero-order chi connectivity index (χ0) is 14.8. The Kier molecular flexibility index (Phi) is 4.48. The molecule has 1 saturated carbocycles. The molecule has 20 heavy (non-hydrogen) atoms. The van der Waals surface area contributed by atoms with Crippen molar-refractivity contribution in [3.63, 3.8) is 0 Å². The summed E-state index contributed by atoms with van der Waals surface area (Å²) in [5.41, 5.74) is 0.360. The van der Waals surface area contributed by atoms with Gasteiger partial charge >= 0.3 is 0 Å². The van der Waals surface area contributed by atoms with Gasteiger partial charge in [-0.25, -0.2) is 0 Å². The van der Waals surface area contributed by atoms with Crippen LogP contribution in [-0.2, 0) is 4.74 Å². The first kappa shape index (κ1) is 15.0. The van der Waals surface area contributed by atoms with E-state index in [1.807, 2.05) is 11.8 Å². The highest BCUT2D eigenvalue weighted by atomic mass is 16.5. The van der Waals surface area contributed by atoms with E-state index in [2.05, 4.69) is 25.9 Å². The van der Waals surface area contributed by atoms with Crippen molar-refractivity contribution in [2.75, 3.05) is 13.2 Å².